The first-order chi connectivity index (χ1) is 16.9. The summed E-state index contributed by atoms with van der Waals surface area (Å²) in [7, 11) is 1.86. The summed E-state index contributed by atoms with van der Waals surface area (Å²) in [6.07, 6.45) is 2.15. The minimum atomic E-state index is -0.653. The van der Waals surface area contributed by atoms with Crippen LogP contribution in [0, 0.1) is 0 Å². The average molecular weight is 473 g/mol. The number of urea groups is 1. The summed E-state index contributed by atoms with van der Waals surface area (Å²) in [5.41, 5.74) is 3.67. The molecular weight excluding hydrogens is 450 g/mol. The van der Waals surface area contributed by atoms with Crippen molar-refractivity contribution < 1.29 is 19.2 Å². The highest BCUT2D eigenvalue weighted by molar-refractivity contribution is 6.05. The number of aromatic nitrogens is 3. The molecule has 0 radical (unpaired) electrons. The summed E-state index contributed by atoms with van der Waals surface area (Å²) >= 11 is 0. The van der Waals surface area contributed by atoms with Gasteiger partial charge in [0.1, 0.15) is 12.4 Å². The number of rotatable bonds is 5. The lowest BCUT2D eigenvalue weighted by atomic mass is 10.0. The lowest BCUT2D eigenvalue weighted by molar-refractivity contribution is -0.136. The number of amides is 5. The molecule has 3 aromatic rings. The van der Waals surface area contributed by atoms with E-state index in [-0.39, 0.29) is 30.8 Å². The number of hydrogen-bond donors (Lipinski definition) is 3. The topological polar surface area (TPSA) is 138 Å². The first kappa shape index (κ1) is 22.3. The Bertz CT molecular complexity index is 1330. The van der Waals surface area contributed by atoms with Crippen molar-refractivity contribution in [2.24, 2.45) is 7.05 Å². The predicted molar refractivity (Wildman–Crippen MR) is 125 cm³/mol. The molecule has 3 heterocycles. The molecular formula is C24H23N7O4. The van der Waals surface area contributed by atoms with E-state index in [0.29, 0.717) is 24.2 Å². The maximum absolute atomic E-state index is 12.8. The summed E-state index contributed by atoms with van der Waals surface area (Å²) in [4.78, 5) is 50.3. The fourth-order valence-electron chi connectivity index (χ4n) is 4.34. The van der Waals surface area contributed by atoms with E-state index in [1.807, 2.05) is 29.8 Å². The van der Waals surface area contributed by atoms with Gasteiger partial charge in [0, 0.05) is 43.4 Å². The molecule has 11 heteroatoms. The Morgan fingerprint density at radius 1 is 1.14 bits per heavy atom. The van der Waals surface area contributed by atoms with Crippen molar-refractivity contribution in [1.29, 1.82) is 0 Å². The van der Waals surface area contributed by atoms with Crippen molar-refractivity contribution in [3.05, 3.63) is 65.5 Å². The van der Waals surface area contributed by atoms with Gasteiger partial charge in [-0.1, -0.05) is 12.1 Å². The summed E-state index contributed by atoms with van der Waals surface area (Å²) in [6, 6.07) is 11.6. The minimum absolute atomic E-state index is 0.212. The van der Waals surface area contributed by atoms with Crippen LogP contribution in [0.15, 0.2) is 48.8 Å². The molecule has 3 N–H and O–H groups in total. The van der Waals surface area contributed by atoms with Crippen LogP contribution in [0.1, 0.15) is 34.3 Å². The van der Waals surface area contributed by atoms with E-state index in [4.69, 9.17) is 0 Å². The van der Waals surface area contributed by atoms with Gasteiger partial charge in [-0.3, -0.25) is 19.7 Å². The van der Waals surface area contributed by atoms with E-state index in [0.717, 1.165) is 22.5 Å². The molecule has 11 nitrogen and oxygen atoms in total. The zero-order valence-corrected chi connectivity index (χ0v) is 18.9. The van der Waals surface area contributed by atoms with Crippen molar-refractivity contribution in [3.63, 3.8) is 0 Å². The monoisotopic (exact) mass is 473 g/mol. The molecule has 0 spiro atoms. The van der Waals surface area contributed by atoms with E-state index < -0.39 is 11.9 Å². The van der Waals surface area contributed by atoms with Gasteiger partial charge >= 0.3 is 6.03 Å². The summed E-state index contributed by atoms with van der Waals surface area (Å²) in [6.45, 7) is 0.557. The number of benzene rings is 2. The van der Waals surface area contributed by atoms with Crippen LogP contribution in [0.25, 0.3) is 11.4 Å². The van der Waals surface area contributed by atoms with E-state index in [1.54, 1.807) is 30.6 Å². The Balaban J connectivity index is 1.18. The van der Waals surface area contributed by atoms with Gasteiger partial charge in [-0.15, -0.1) is 10.2 Å². The Hall–Kier alpha value is -4.54. The lowest BCUT2D eigenvalue weighted by Gasteiger charge is -2.29. The van der Waals surface area contributed by atoms with Gasteiger partial charge < -0.3 is 20.1 Å². The van der Waals surface area contributed by atoms with Gasteiger partial charge in [-0.2, -0.15) is 0 Å². The van der Waals surface area contributed by atoms with Gasteiger partial charge in [0.2, 0.25) is 11.8 Å². The van der Waals surface area contributed by atoms with Crippen molar-refractivity contribution >= 4 is 29.4 Å². The summed E-state index contributed by atoms with van der Waals surface area (Å²) in [5, 5.41) is 15.8. The number of aryl methyl sites for hydroxylation is 1. The lowest BCUT2D eigenvalue weighted by Crippen LogP contribution is -2.52. The van der Waals surface area contributed by atoms with Crippen molar-refractivity contribution in [2.45, 2.75) is 32.0 Å². The van der Waals surface area contributed by atoms with Crippen LogP contribution in [-0.4, -0.2) is 49.5 Å². The molecule has 2 aromatic carbocycles. The molecule has 2 aliphatic heterocycles. The first-order valence-electron chi connectivity index (χ1n) is 11.1. The normalized spacial score (nSPS) is 17.2. The molecule has 35 heavy (non-hydrogen) atoms. The molecule has 0 aliphatic carbocycles. The van der Waals surface area contributed by atoms with Crippen molar-refractivity contribution in [1.82, 2.24) is 30.3 Å². The van der Waals surface area contributed by atoms with Gasteiger partial charge in [-0.25, -0.2) is 4.79 Å². The highest BCUT2D eigenvalue weighted by Gasteiger charge is 2.39. The molecule has 1 aromatic heterocycles. The van der Waals surface area contributed by atoms with E-state index >= 15 is 0 Å². The molecule has 1 saturated heterocycles. The summed E-state index contributed by atoms with van der Waals surface area (Å²) < 4.78 is 1.81. The quantitative estimate of drug-likeness (QED) is 0.481. The van der Waals surface area contributed by atoms with Crippen LogP contribution < -0.4 is 16.0 Å². The molecule has 2 aliphatic rings. The summed E-state index contributed by atoms with van der Waals surface area (Å²) in [5.74, 6) is -0.252. The molecule has 5 rings (SSSR count). The Labute approximate surface area is 200 Å². The second kappa shape index (κ2) is 9.01. The van der Waals surface area contributed by atoms with Crippen molar-refractivity contribution in [2.75, 3.05) is 5.32 Å². The number of hydrogen-bond acceptors (Lipinski definition) is 6. The number of piperidine rings is 1. The van der Waals surface area contributed by atoms with Gasteiger partial charge in [0.15, 0.2) is 5.82 Å². The fraction of sp³-hybridized carbons (Fsp3) is 0.250. The molecule has 0 saturated carbocycles. The number of imide groups is 1. The zero-order chi connectivity index (χ0) is 24.5. The highest BCUT2D eigenvalue weighted by Crippen LogP contribution is 2.28. The van der Waals surface area contributed by atoms with E-state index in [1.165, 1.54) is 4.90 Å². The van der Waals surface area contributed by atoms with E-state index in [2.05, 4.69) is 26.1 Å². The first-order valence-corrected chi connectivity index (χ1v) is 11.1. The highest BCUT2D eigenvalue weighted by atomic mass is 16.2. The zero-order valence-electron chi connectivity index (χ0n) is 18.9. The molecule has 1 unspecified atom stereocenters. The second-order valence-electron chi connectivity index (χ2n) is 8.54. The molecule has 1 atom stereocenters. The molecule has 5 amide bonds. The Morgan fingerprint density at radius 2 is 1.94 bits per heavy atom. The number of anilines is 1. The maximum Gasteiger partial charge on any atom is 0.319 e. The van der Waals surface area contributed by atoms with Gasteiger partial charge in [0.05, 0.1) is 0 Å². The number of nitrogens with one attached hydrogen (secondary N) is 3. The molecule has 0 bridgehead atoms. The second-order valence-corrected chi connectivity index (χ2v) is 8.54. The number of carbonyl (C=O) groups is 4. The molecule has 178 valence electrons. The third kappa shape index (κ3) is 4.47. The molecule has 1 fully saturated rings. The fourth-order valence-corrected chi connectivity index (χ4v) is 4.34. The van der Waals surface area contributed by atoms with Gasteiger partial charge in [-0.05, 0) is 47.9 Å². The minimum Gasteiger partial charge on any atom is -0.334 e. The average Bonchev–Trinajstić information content (AvgIpc) is 3.41. The van der Waals surface area contributed by atoms with Crippen LogP contribution in [0.2, 0.25) is 0 Å². The number of carbonyl (C=O) groups excluding carboxylic acids is 4. The number of nitrogens with zero attached hydrogens (tertiary/aromatic N) is 4. The SMILES string of the molecule is Cn1cnnc1-c1ccc(NC(=O)NCc2ccc3c(c2)CN(C2CCC(=O)NC2=O)C3=O)cc1. The Kier molecular flexibility index (Phi) is 5.73. The third-order valence-corrected chi connectivity index (χ3v) is 6.15. The number of fused-ring (bicyclic) bond motifs is 1. The van der Waals surface area contributed by atoms with Crippen LogP contribution in [0.5, 0.6) is 0 Å². The third-order valence-electron chi connectivity index (χ3n) is 6.15. The van der Waals surface area contributed by atoms with Gasteiger partial charge in [0.25, 0.3) is 5.91 Å². The predicted octanol–water partition coefficient (Wildman–Crippen LogP) is 1.56. The standard InChI is InChI=1S/C24H23N7O4/c1-30-13-26-29-21(30)15-3-5-17(6-4-15)27-24(35)25-11-14-2-7-18-16(10-14)12-31(23(18)34)19-8-9-20(32)28-22(19)33/h2-7,10,13,19H,8-9,11-12H2,1H3,(H2,25,27,35)(H,28,32,33). The van der Waals surface area contributed by atoms with Crippen LogP contribution in [0.4, 0.5) is 10.5 Å². The van der Waals surface area contributed by atoms with Crippen molar-refractivity contribution in [3.8, 4) is 11.4 Å². The van der Waals surface area contributed by atoms with Crippen LogP contribution in [0.3, 0.4) is 0 Å². The van der Waals surface area contributed by atoms with Crippen LogP contribution >= 0.6 is 0 Å². The Morgan fingerprint density at radius 3 is 2.66 bits per heavy atom. The van der Waals surface area contributed by atoms with Crippen LogP contribution in [-0.2, 0) is 29.7 Å². The largest absolute Gasteiger partial charge is 0.334 e. The smallest absolute Gasteiger partial charge is 0.319 e. The van der Waals surface area contributed by atoms with E-state index in [9.17, 15) is 19.2 Å². The maximum atomic E-state index is 12.8.